The molecule has 1 N–H and O–H groups in total. The van der Waals surface area contributed by atoms with Gasteiger partial charge < -0.3 is 10.0 Å². The molecule has 1 amide bonds. The molecule has 0 radical (unpaired) electrons. The maximum atomic E-state index is 13.8. The van der Waals surface area contributed by atoms with Crippen molar-refractivity contribution in [2.24, 2.45) is 0 Å². The van der Waals surface area contributed by atoms with Crippen LogP contribution in [0, 0.1) is 5.82 Å². The molecule has 2 aromatic rings. The van der Waals surface area contributed by atoms with E-state index in [1.165, 1.54) is 42.2 Å². The van der Waals surface area contributed by atoms with Crippen LogP contribution in [0.3, 0.4) is 0 Å². The van der Waals surface area contributed by atoms with Gasteiger partial charge in [0.05, 0.1) is 16.7 Å². The zero-order valence-corrected chi connectivity index (χ0v) is 15.9. The molecule has 1 fully saturated rings. The molecule has 0 aromatic heterocycles. The highest BCUT2D eigenvalue weighted by Crippen LogP contribution is 2.32. The number of carbonyl (C=O) groups is 1. The van der Waals surface area contributed by atoms with Crippen molar-refractivity contribution in [2.45, 2.75) is 18.7 Å². The highest BCUT2D eigenvalue weighted by molar-refractivity contribution is 5.94. The van der Waals surface area contributed by atoms with Gasteiger partial charge in [0.2, 0.25) is 0 Å². The predicted molar refractivity (Wildman–Crippen MR) is 99.8 cm³/mol. The van der Waals surface area contributed by atoms with Crippen LogP contribution in [0.4, 0.5) is 17.6 Å². The Bertz CT molecular complexity index is 875. The van der Waals surface area contributed by atoms with Gasteiger partial charge in [0.15, 0.2) is 0 Å². The van der Waals surface area contributed by atoms with Gasteiger partial charge in [-0.1, -0.05) is 24.3 Å². The number of halogens is 4. The quantitative estimate of drug-likeness (QED) is 0.785. The van der Waals surface area contributed by atoms with Gasteiger partial charge in [-0.05, 0) is 36.8 Å². The second-order valence-electron chi connectivity index (χ2n) is 7.40. The first kappa shape index (κ1) is 21.3. The minimum absolute atomic E-state index is 0.0110. The van der Waals surface area contributed by atoms with Crippen LogP contribution in [0.2, 0.25) is 0 Å². The van der Waals surface area contributed by atoms with Crippen LogP contribution in [0.15, 0.2) is 48.5 Å². The van der Waals surface area contributed by atoms with Crippen LogP contribution < -0.4 is 0 Å². The van der Waals surface area contributed by atoms with Crippen LogP contribution in [0.25, 0.3) is 0 Å². The van der Waals surface area contributed by atoms with Crippen LogP contribution in [0.1, 0.15) is 28.4 Å². The number of alkyl halides is 3. The number of β-amino-alcohol motifs (C(OH)–C–C–N with tert-alkyl or cyclic N) is 1. The summed E-state index contributed by atoms with van der Waals surface area (Å²) in [6, 6.07) is 10.4. The summed E-state index contributed by atoms with van der Waals surface area (Å²) >= 11 is 0. The van der Waals surface area contributed by atoms with E-state index in [2.05, 4.69) is 0 Å². The number of benzene rings is 2. The van der Waals surface area contributed by atoms with Crippen molar-refractivity contribution in [2.75, 3.05) is 32.7 Å². The Hall–Kier alpha value is -2.45. The zero-order chi connectivity index (χ0) is 21.2. The van der Waals surface area contributed by atoms with Gasteiger partial charge in [0.25, 0.3) is 5.91 Å². The average molecular weight is 410 g/mol. The summed E-state index contributed by atoms with van der Waals surface area (Å²) < 4.78 is 52.7. The van der Waals surface area contributed by atoms with E-state index in [1.54, 1.807) is 6.07 Å². The predicted octanol–water partition coefficient (Wildman–Crippen LogP) is 3.51. The SMILES string of the molecule is CC(O)(CN1CCN(C(=O)c2ccccc2F)CC1)c1cccc(C(F)(F)F)c1. The number of amides is 1. The molecule has 1 unspecified atom stereocenters. The van der Waals surface area contributed by atoms with E-state index >= 15 is 0 Å². The Balaban J connectivity index is 1.63. The standard InChI is InChI=1S/C21H22F4N2O2/c1-20(29,15-5-4-6-16(13-15)21(23,24)25)14-26-9-11-27(12-10-26)19(28)17-7-2-3-8-18(17)22/h2-8,13,29H,9-12,14H2,1H3. The fourth-order valence-corrected chi connectivity index (χ4v) is 3.47. The first-order valence-electron chi connectivity index (χ1n) is 9.24. The van der Waals surface area contributed by atoms with E-state index in [1.807, 2.05) is 4.90 Å². The Kier molecular flexibility index (Phi) is 5.95. The zero-order valence-electron chi connectivity index (χ0n) is 15.9. The van der Waals surface area contributed by atoms with E-state index in [4.69, 9.17) is 0 Å². The molecule has 156 valence electrons. The molecule has 0 bridgehead atoms. The van der Waals surface area contributed by atoms with Crippen LogP contribution in [0.5, 0.6) is 0 Å². The largest absolute Gasteiger partial charge is 0.416 e. The number of hydrogen-bond donors (Lipinski definition) is 1. The van der Waals surface area contributed by atoms with Gasteiger partial charge in [0.1, 0.15) is 5.82 Å². The van der Waals surface area contributed by atoms with Gasteiger partial charge in [-0.2, -0.15) is 13.2 Å². The number of carbonyl (C=O) groups excluding carboxylic acids is 1. The summed E-state index contributed by atoms with van der Waals surface area (Å²) in [6.45, 7) is 3.12. The maximum Gasteiger partial charge on any atom is 0.416 e. The van der Waals surface area contributed by atoms with Gasteiger partial charge >= 0.3 is 6.18 Å². The average Bonchev–Trinajstić information content (AvgIpc) is 2.68. The van der Waals surface area contributed by atoms with Crippen molar-refractivity contribution in [1.82, 2.24) is 9.80 Å². The third-order valence-corrected chi connectivity index (χ3v) is 5.11. The van der Waals surface area contributed by atoms with Crippen molar-refractivity contribution in [3.05, 3.63) is 71.0 Å². The molecular weight excluding hydrogens is 388 g/mol. The molecule has 29 heavy (non-hydrogen) atoms. The van der Waals surface area contributed by atoms with Crippen LogP contribution in [-0.4, -0.2) is 53.5 Å². The van der Waals surface area contributed by atoms with Crippen LogP contribution in [-0.2, 0) is 11.8 Å². The fraction of sp³-hybridized carbons (Fsp3) is 0.381. The molecule has 1 aliphatic heterocycles. The van der Waals surface area contributed by atoms with E-state index < -0.39 is 29.1 Å². The van der Waals surface area contributed by atoms with E-state index in [0.717, 1.165) is 12.1 Å². The van der Waals surface area contributed by atoms with Crippen LogP contribution >= 0.6 is 0 Å². The number of rotatable bonds is 4. The van der Waals surface area contributed by atoms with Crippen molar-refractivity contribution in [3.63, 3.8) is 0 Å². The Labute approximate surface area is 166 Å². The van der Waals surface area contributed by atoms with E-state index in [-0.39, 0.29) is 17.7 Å². The maximum absolute atomic E-state index is 13.8. The third kappa shape index (κ3) is 4.94. The molecule has 0 spiro atoms. The third-order valence-electron chi connectivity index (χ3n) is 5.11. The minimum Gasteiger partial charge on any atom is -0.384 e. The summed E-state index contributed by atoms with van der Waals surface area (Å²) in [4.78, 5) is 15.9. The number of hydrogen-bond acceptors (Lipinski definition) is 3. The van der Waals surface area contributed by atoms with Gasteiger partial charge in [-0.15, -0.1) is 0 Å². The van der Waals surface area contributed by atoms with Crippen molar-refractivity contribution in [3.8, 4) is 0 Å². The summed E-state index contributed by atoms with van der Waals surface area (Å²) in [5.41, 5.74) is -2.11. The molecule has 1 heterocycles. The molecule has 2 aromatic carbocycles. The Morgan fingerprint density at radius 1 is 1.00 bits per heavy atom. The van der Waals surface area contributed by atoms with Crippen molar-refractivity contribution >= 4 is 5.91 Å². The first-order valence-corrected chi connectivity index (χ1v) is 9.24. The molecule has 1 aliphatic rings. The molecule has 4 nitrogen and oxygen atoms in total. The number of aliphatic hydroxyl groups is 1. The normalized spacial score (nSPS) is 17.8. The second-order valence-corrected chi connectivity index (χ2v) is 7.40. The van der Waals surface area contributed by atoms with E-state index in [0.29, 0.717) is 26.2 Å². The van der Waals surface area contributed by atoms with Gasteiger partial charge in [0, 0.05) is 32.7 Å². The molecule has 0 saturated carbocycles. The molecule has 1 atom stereocenters. The Morgan fingerprint density at radius 2 is 1.62 bits per heavy atom. The lowest BCUT2D eigenvalue weighted by molar-refractivity contribution is -0.137. The smallest absolute Gasteiger partial charge is 0.384 e. The summed E-state index contributed by atoms with van der Waals surface area (Å²) in [5.74, 6) is -0.972. The minimum atomic E-state index is -4.48. The summed E-state index contributed by atoms with van der Waals surface area (Å²) in [7, 11) is 0. The first-order chi connectivity index (χ1) is 13.6. The monoisotopic (exact) mass is 410 g/mol. The fourth-order valence-electron chi connectivity index (χ4n) is 3.47. The highest BCUT2D eigenvalue weighted by atomic mass is 19.4. The van der Waals surface area contributed by atoms with E-state index in [9.17, 15) is 27.5 Å². The molecule has 8 heteroatoms. The second kappa shape index (κ2) is 8.12. The van der Waals surface area contributed by atoms with Gasteiger partial charge in [-0.25, -0.2) is 4.39 Å². The highest BCUT2D eigenvalue weighted by Gasteiger charge is 2.34. The molecular formula is C21H22F4N2O2. The van der Waals surface area contributed by atoms with Crippen molar-refractivity contribution in [1.29, 1.82) is 0 Å². The number of piperazine rings is 1. The molecule has 3 rings (SSSR count). The lowest BCUT2D eigenvalue weighted by atomic mass is 9.93. The summed E-state index contributed by atoms with van der Waals surface area (Å²) in [5, 5.41) is 10.8. The van der Waals surface area contributed by atoms with Crippen molar-refractivity contribution < 1.29 is 27.5 Å². The molecule has 0 aliphatic carbocycles. The lowest BCUT2D eigenvalue weighted by Gasteiger charge is -2.38. The summed E-state index contributed by atoms with van der Waals surface area (Å²) in [6.07, 6.45) is -4.48. The van der Waals surface area contributed by atoms with Gasteiger partial charge in [-0.3, -0.25) is 9.69 Å². The Morgan fingerprint density at radius 3 is 2.24 bits per heavy atom. The lowest BCUT2D eigenvalue weighted by Crippen LogP contribution is -2.52. The topological polar surface area (TPSA) is 43.8 Å². The number of nitrogens with zero attached hydrogens (tertiary/aromatic N) is 2. The molecule has 1 saturated heterocycles.